The molecule has 2 heterocycles. The average Bonchev–Trinajstić information content (AvgIpc) is 2.89. The lowest BCUT2D eigenvalue weighted by Gasteiger charge is -2.15. The van der Waals surface area contributed by atoms with E-state index in [9.17, 15) is 13.2 Å². The van der Waals surface area contributed by atoms with Crippen LogP contribution >= 0.6 is 0 Å². The van der Waals surface area contributed by atoms with Crippen molar-refractivity contribution >= 4 is 16.9 Å². The highest BCUT2D eigenvalue weighted by Crippen LogP contribution is 2.30. The van der Waals surface area contributed by atoms with Crippen LogP contribution in [-0.2, 0) is 12.6 Å². The third-order valence-electron chi connectivity index (χ3n) is 4.03. The van der Waals surface area contributed by atoms with E-state index in [0.29, 0.717) is 23.4 Å². The molecule has 3 rings (SSSR count). The van der Waals surface area contributed by atoms with Gasteiger partial charge in [0.05, 0.1) is 10.9 Å². The van der Waals surface area contributed by atoms with Crippen molar-refractivity contribution in [3.8, 4) is 0 Å². The average molecular weight is 348 g/mol. The summed E-state index contributed by atoms with van der Waals surface area (Å²) in [5.74, 6) is 0.666. The maximum Gasteiger partial charge on any atom is 0.416 e. The Kier molecular flexibility index (Phi) is 4.41. The number of anilines is 1. The Morgan fingerprint density at radius 1 is 1.20 bits per heavy atom. The fourth-order valence-electron chi connectivity index (χ4n) is 3.00. The molecule has 0 saturated heterocycles. The number of halogens is 3. The number of hydrogen-bond acceptors (Lipinski definition) is 3. The minimum Gasteiger partial charge on any atom is -0.365 e. The fraction of sp³-hybridized carbons (Fsp3) is 0.333. The molecule has 2 aromatic heterocycles. The van der Waals surface area contributed by atoms with Crippen LogP contribution in [0.3, 0.4) is 0 Å². The molecule has 1 aromatic carbocycles. The first-order chi connectivity index (χ1) is 11.7. The van der Waals surface area contributed by atoms with Gasteiger partial charge in [-0.25, -0.2) is 4.98 Å². The lowest BCUT2D eigenvalue weighted by Crippen LogP contribution is -2.19. The molecular weight excluding hydrogens is 329 g/mol. The van der Waals surface area contributed by atoms with Gasteiger partial charge in [0.15, 0.2) is 11.5 Å². The molecule has 0 spiro atoms. The topological polar surface area (TPSA) is 53.6 Å². The number of aryl methyl sites for hydroxylation is 2. The second kappa shape index (κ2) is 6.38. The summed E-state index contributed by atoms with van der Waals surface area (Å²) >= 11 is 0. The Bertz CT molecular complexity index is 899. The van der Waals surface area contributed by atoms with Crippen LogP contribution in [0.5, 0.6) is 0 Å². The van der Waals surface area contributed by atoms with Crippen molar-refractivity contribution in [3.63, 3.8) is 0 Å². The number of alkyl halides is 3. The summed E-state index contributed by atoms with van der Waals surface area (Å²) in [4.78, 5) is 4.40. The molecule has 132 valence electrons. The molecule has 0 aliphatic carbocycles. The molecule has 0 fully saturated rings. The number of aromatic amines is 1. The Hall–Kier alpha value is -2.57. The number of nitrogens with zero attached hydrogens (tertiary/aromatic N) is 2. The van der Waals surface area contributed by atoms with E-state index < -0.39 is 11.7 Å². The molecule has 0 unspecified atom stereocenters. The molecule has 2 N–H and O–H groups in total. The van der Waals surface area contributed by atoms with Crippen molar-refractivity contribution in [2.75, 3.05) is 5.32 Å². The summed E-state index contributed by atoms with van der Waals surface area (Å²) in [6, 6.07) is 7.30. The summed E-state index contributed by atoms with van der Waals surface area (Å²) in [5, 5.41) is 11.3. The van der Waals surface area contributed by atoms with Crippen molar-refractivity contribution in [3.05, 3.63) is 52.7 Å². The van der Waals surface area contributed by atoms with Crippen LogP contribution in [0.1, 0.15) is 29.3 Å². The van der Waals surface area contributed by atoms with E-state index in [1.807, 2.05) is 26.8 Å². The summed E-state index contributed by atoms with van der Waals surface area (Å²) in [5.41, 5.74) is 2.65. The predicted molar refractivity (Wildman–Crippen MR) is 91.6 cm³/mol. The highest BCUT2D eigenvalue weighted by atomic mass is 19.4. The molecule has 7 heteroatoms. The molecule has 0 bridgehead atoms. The van der Waals surface area contributed by atoms with Gasteiger partial charge in [-0.3, -0.25) is 5.10 Å². The molecular formula is C18H19F3N4. The second-order valence-corrected chi connectivity index (χ2v) is 6.32. The molecule has 0 radical (unpaired) electrons. The Morgan fingerprint density at radius 3 is 2.68 bits per heavy atom. The van der Waals surface area contributed by atoms with Gasteiger partial charge < -0.3 is 5.32 Å². The zero-order valence-electron chi connectivity index (χ0n) is 14.2. The van der Waals surface area contributed by atoms with Crippen LogP contribution in [0.2, 0.25) is 0 Å². The van der Waals surface area contributed by atoms with Crippen molar-refractivity contribution in [2.45, 2.75) is 39.4 Å². The van der Waals surface area contributed by atoms with Crippen molar-refractivity contribution in [1.29, 1.82) is 0 Å². The summed E-state index contributed by atoms with van der Waals surface area (Å²) in [6.45, 7) is 5.81. The smallest absolute Gasteiger partial charge is 0.365 e. The van der Waals surface area contributed by atoms with Gasteiger partial charge in [-0.05, 0) is 50.5 Å². The van der Waals surface area contributed by atoms with Crippen molar-refractivity contribution < 1.29 is 13.2 Å². The lowest BCUT2D eigenvalue weighted by molar-refractivity contribution is -0.137. The van der Waals surface area contributed by atoms with Gasteiger partial charge in [0, 0.05) is 11.7 Å². The monoisotopic (exact) mass is 348 g/mol. The SMILES string of the molecule is Cc1cc(C)c2c(N[C@H](C)Cc3cccc(C(F)(F)F)c3)n[nH]c2n1. The van der Waals surface area contributed by atoms with Gasteiger partial charge in [0.25, 0.3) is 0 Å². The van der Waals surface area contributed by atoms with Crippen LogP contribution in [0.25, 0.3) is 11.0 Å². The molecule has 25 heavy (non-hydrogen) atoms. The maximum atomic E-state index is 12.8. The molecule has 3 aromatic rings. The third-order valence-corrected chi connectivity index (χ3v) is 4.03. The molecule has 1 atom stereocenters. The van der Waals surface area contributed by atoms with Crippen LogP contribution < -0.4 is 5.32 Å². The lowest BCUT2D eigenvalue weighted by atomic mass is 10.0. The standard InChI is InChI=1S/C18H19F3N4/c1-10-7-11(2)22-16-15(10)17(25-24-16)23-12(3)8-13-5-4-6-14(9-13)18(19,20)21/h4-7,9,12H,8H2,1-3H3,(H2,22,23,24,25)/t12-/m1/s1. The van der Waals surface area contributed by atoms with Crippen LogP contribution in [0, 0.1) is 13.8 Å². The summed E-state index contributed by atoms with van der Waals surface area (Å²) in [7, 11) is 0. The van der Waals surface area contributed by atoms with Crippen molar-refractivity contribution in [1.82, 2.24) is 15.2 Å². The first-order valence-electron chi connectivity index (χ1n) is 7.99. The largest absolute Gasteiger partial charge is 0.416 e. The van der Waals surface area contributed by atoms with Gasteiger partial charge in [-0.15, -0.1) is 0 Å². The minimum atomic E-state index is -4.33. The number of hydrogen-bond donors (Lipinski definition) is 2. The van der Waals surface area contributed by atoms with E-state index in [4.69, 9.17) is 0 Å². The number of aromatic nitrogens is 3. The highest BCUT2D eigenvalue weighted by Gasteiger charge is 2.30. The Labute approximate surface area is 143 Å². The van der Waals surface area contributed by atoms with E-state index in [1.54, 1.807) is 6.07 Å². The van der Waals surface area contributed by atoms with Crippen LogP contribution in [0.15, 0.2) is 30.3 Å². The van der Waals surface area contributed by atoms with Gasteiger partial charge >= 0.3 is 6.18 Å². The van der Waals surface area contributed by atoms with Gasteiger partial charge in [0.1, 0.15) is 0 Å². The molecule has 4 nitrogen and oxygen atoms in total. The number of fused-ring (bicyclic) bond motifs is 1. The summed E-state index contributed by atoms with van der Waals surface area (Å²) in [6.07, 6.45) is -3.87. The molecule has 0 aliphatic rings. The zero-order chi connectivity index (χ0) is 18.2. The molecule has 0 saturated carbocycles. The van der Waals surface area contributed by atoms with Gasteiger partial charge in [0.2, 0.25) is 0 Å². The Balaban J connectivity index is 1.79. The van der Waals surface area contributed by atoms with E-state index >= 15 is 0 Å². The highest BCUT2D eigenvalue weighted by molar-refractivity contribution is 5.90. The van der Waals surface area contributed by atoms with E-state index in [2.05, 4.69) is 20.5 Å². The predicted octanol–water partition coefficient (Wildman–Crippen LogP) is 4.64. The number of rotatable bonds is 4. The van der Waals surface area contributed by atoms with Crippen LogP contribution in [0.4, 0.5) is 19.0 Å². The normalized spacial score (nSPS) is 13.2. The number of benzene rings is 1. The molecule has 0 amide bonds. The van der Waals surface area contributed by atoms with E-state index in [-0.39, 0.29) is 6.04 Å². The first kappa shape index (κ1) is 17.3. The second-order valence-electron chi connectivity index (χ2n) is 6.32. The third kappa shape index (κ3) is 3.75. The minimum absolute atomic E-state index is 0.0873. The Morgan fingerprint density at radius 2 is 1.96 bits per heavy atom. The maximum absolute atomic E-state index is 12.8. The number of nitrogens with one attached hydrogen (secondary N) is 2. The van der Waals surface area contributed by atoms with Gasteiger partial charge in [-0.1, -0.05) is 18.2 Å². The fourth-order valence-corrected chi connectivity index (χ4v) is 3.00. The van der Waals surface area contributed by atoms with Crippen molar-refractivity contribution in [2.24, 2.45) is 0 Å². The number of pyridine rings is 1. The quantitative estimate of drug-likeness (QED) is 0.722. The van der Waals surface area contributed by atoms with E-state index in [1.165, 1.54) is 12.1 Å². The number of H-pyrrole nitrogens is 1. The molecule has 0 aliphatic heterocycles. The first-order valence-corrected chi connectivity index (χ1v) is 7.99. The van der Waals surface area contributed by atoms with Crippen LogP contribution in [-0.4, -0.2) is 21.2 Å². The van der Waals surface area contributed by atoms with Gasteiger partial charge in [-0.2, -0.15) is 18.3 Å². The zero-order valence-corrected chi connectivity index (χ0v) is 14.2. The van der Waals surface area contributed by atoms with E-state index in [0.717, 1.165) is 22.7 Å². The summed E-state index contributed by atoms with van der Waals surface area (Å²) < 4.78 is 38.5.